The number of aromatic nitrogens is 1. The van der Waals surface area contributed by atoms with Gasteiger partial charge in [-0.05, 0) is 80.0 Å². The number of ether oxygens (including phenoxy) is 1. The highest BCUT2D eigenvalue weighted by Gasteiger charge is 2.46. The van der Waals surface area contributed by atoms with Crippen LogP contribution in [-0.4, -0.2) is 113 Å². The van der Waals surface area contributed by atoms with Gasteiger partial charge < -0.3 is 19.5 Å². The third-order valence-corrected chi connectivity index (χ3v) is 14.2. The van der Waals surface area contributed by atoms with Gasteiger partial charge in [0.1, 0.15) is 11.8 Å². The predicted molar refractivity (Wildman–Crippen MR) is 241 cm³/mol. The average Bonchev–Trinajstić information content (AvgIpc) is 3.82. The Bertz CT molecular complexity index is 2630. The maximum Gasteiger partial charge on any atom is 0.266 e. The molecule has 9 rings (SSSR count). The van der Waals surface area contributed by atoms with Crippen LogP contribution >= 0.6 is 0 Å². The smallest absolute Gasteiger partial charge is 0.266 e. The Labute approximate surface area is 373 Å². The fraction of sp³-hybridized carbons (Fsp3) is 0.460. The van der Waals surface area contributed by atoms with E-state index in [4.69, 9.17) is 11.3 Å². The number of aromatic amines is 1. The number of aryl methyl sites for hydroxylation is 1. The molecule has 1 aliphatic carbocycles. The lowest BCUT2D eigenvalue weighted by Crippen LogP contribution is -2.54. The first-order valence-corrected chi connectivity index (χ1v) is 22.9. The van der Waals surface area contributed by atoms with Crippen LogP contribution in [0.3, 0.4) is 0 Å². The first-order chi connectivity index (χ1) is 30.9. The molecule has 3 fully saturated rings. The third kappa shape index (κ3) is 7.63. The molecule has 1 atom stereocenters. The maximum absolute atomic E-state index is 14.1. The molecule has 1 aromatic heterocycles. The van der Waals surface area contributed by atoms with Crippen LogP contribution in [0, 0.1) is 6.57 Å². The number of hydrogen-bond donors (Lipinski definition) is 2. The normalized spacial score (nSPS) is 20.0. The van der Waals surface area contributed by atoms with Crippen LogP contribution in [0.25, 0.3) is 15.7 Å². The summed E-state index contributed by atoms with van der Waals surface area (Å²) in [6, 6.07) is 14.2. The number of rotatable bonds is 12. The Morgan fingerprint density at radius 2 is 1.62 bits per heavy atom. The minimum Gasteiger partial charge on any atom is -0.493 e. The van der Waals surface area contributed by atoms with Crippen LogP contribution in [-0.2, 0) is 26.2 Å². The van der Waals surface area contributed by atoms with Gasteiger partial charge in [0.25, 0.3) is 11.8 Å². The number of nitrogens with zero attached hydrogens (tertiary/aromatic N) is 5. The molecule has 3 saturated heterocycles. The van der Waals surface area contributed by atoms with E-state index < -0.39 is 35.1 Å². The molecule has 4 aromatic rings. The number of carbonyl (C=O) groups is 6. The molecule has 332 valence electrons. The van der Waals surface area contributed by atoms with E-state index in [2.05, 4.69) is 57.8 Å². The van der Waals surface area contributed by atoms with Gasteiger partial charge in [-0.25, -0.2) is 4.85 Å². The number of ketones is 1. The van der Waals surface area contributed by atoms with Gasteiger partial charge in [0, 0.05) is 91.4 Å². The molecule has 14 heteroatoms. The summed E-state index contributed by atoms with van der Waals surface area (Å²) in [4.78, 5) is 93.0. The molecule has 5 aliphatic rings. The van der Waals surface area contributed by atoms with Crippen LogP contribution < -0.4 is 15.0 Å². The van der Waals surface area contributed by atoms with Gasteiger partial charge in [0.2, 0.25) is 17.7 Å². The first kappa shape index (κ1) is 42.9. The van der Waals surface area contributed by atoms with E-state index in [1.807, 2.05) is 17.0 Å². The molecule has 3 aromatic carbocycles. The van der Waals surface area contributed by atoms with Crippen LogP contribution in [0.5, 0.6) is 5.75 Å². The van der Waals surface area contributed by atoms with Crippen molar-refractivity contribution >= 4 is 57.6 Å². The molecule has 0 spiro atoms. The second kappa shape index (κ2) is 17.3. The number of amides is 5. The van der Waals surface area contributed by atoms with Crippen molar-refractivity contribution in [3.63, 3.8) is 0 Å². The maximum atomic E-state index is 14.1. The number of anilines is 1. The molecule has 0 radical (unpaired) electrons. The van der Waals surface area contributed by atoms with Crippen molar-refractivity contribution in [3.05, 3.63) is 99.0 Å². The van der Waals surface area contributed by atoms with Crippen molar-refractivity contribution in [3.8, 4) is 5.75 Å². The molecule has 1 unspecified atom stereocenters. The number of H-pyrrole nitrogens is 1. The van der Waals surface area contributed by atoms with E-state index in [1.165, 1.54) is 11.3 Å². The van der Waals surface area contributed by atoms with Crippen molar-refractivity contribution in [2.75, 3.05) is 50.8 Å². The summed E-state index contributed by atoms with van der Waals surface area (Å²) < 4.78 is 5.97. The van der Waals surface area contributed by atoms with Gasteiger partial charge in [0.05, 0.1) is 29.9 Å². The number of imide groups is 2. The molecular formula is C50H55N7O7. The Hall–Kier alpha value is -6.33. The zero-order chi connectivity index (χ0) is 44.9. The number of fused-ring (bicyclic) bond motifs is 5. The van der Waals surface area contributed by atoms with E-state index in [1.54, 1.807) is 24.3 Å². The van der Waals surface area contributed by atoms with Crippen LogP contribution in [0.1, 0.15) is 132 Å². The summed E-state index contributed by atoms with van der Waals surface area (Å²) in [5.41, 5.74) is 7.14. The second-order valence-corrected chi connectivity index (χ2v) is 18.3. The topological polar surface area (TPSA) is 157 Å². The minimum absolute atomic E-state index is 0.0439. The number of piperazine rings is 1. The molecule has 4 aliphatic heterocycles. The molecule has 0 saturated carbocycles. The van der Waals surface area contributed by atoms with E-state index in [0.29, 0.717) is 30.5 Å². The van der Waals surface area contributed by atoms with Gasteiger partial charge in [-0.3, -0.25) is 43.9 Å². The zero-order valence-electron chi connectivity index (χ0n) is 36.9. The van der Waals surface area contributed by atoms with E-state index in [-0.39, 0.29) is 35.7 Å². The number of nitrogens with one attached hydrogen (secondary N) is 2. The lowest BCUT2D eigenvalue weighted by atomic mass is 9.70. The molecule has 5 heterocycles. The Morgan fingerprint density at radius 1 is 0.859 bits per heavy atom. The highest BCUT2D eigenvalue weighted by molar-refractivity contribution is 6.24. The largest absolute Gasteiger partial charge is 0.493 e. The van der Waals surface area contributed by atoms with E-state index in [0.717, 1.165) is 122 Å². The van der Waals surface area contributed by atoms with Crippen molar-refractivity contribution in [2.45, 2.75) is 102 Å². The lowest BCUT2D eigenvalue weighted by Gasteiger charge is -2.44. The van der Waals surface area contributed by atoms with Gasteiger partial charge in [0.15, 0.2) is 11.5 Å². The average molecular weight is 866 g/mol. The summed E-state index contributed by atoms with van der Waals surface area (Å²) in [7, 11) is 0. The molecule has 0 bridgehead atoms. The van der Waals surface area contributed by atoms with Crippen molar-refractivity contribution in [1.29, 1.82) is 0 Å². The van der Waals surface area contributed by atoms with Gasteiger partial charge in [-0.15, -0.1) is 0 Å². The van der Waals surface area contributed by atoms with E-state index in [9.17, 15) is 28.8 Å². The second-order valence-electron chi connectivity index (χ2n) is 18.3. The standard InChI is InChI=1S/C50H55N7O7/c1-5-30-27-35-36(50(2,3)46-44(45(35)60)33-15-14-31(51-4)28-37(33)52-46)29-39(30)55-20-18-32(19-21-55)54-22-24-56(25-23-54)42(59)13-8-6-7-9-26-64-40-12-10-11-34-43(40)49(63)57(48(34)62)38-16-17-41(58)53-47(38)61/h10-12,14-15,27-29,32,38,52H,5-9,13,16-26H2,1-3H3,(H,53,58,61). The number of unbranched alkanes of at least 4 members (excludes halogenated alkanes) is 3. The van der Waals surface area contributed by atoms with E-state index >= 15 is 0 Å². The van der Waals surface area contributed by atoms with Crippen LogP contribution in [0.15, 0.2) is 48.5 Å². The van der Waals surface area contributed by atoms with Gasteiger partial charge in [-0.1, -0.05) is 51.8 Å². The quantitative estimate of drug-likeness (QED) is 0.0900. The lowest BCUT2D eigenvalue weighted by molar-refractivity contribution is -0.136. The molecular weight excluding hydrogens is 811 g/mol. The Morgan fingerprint density at radius 3 is 2.36 bits per heavy atom. The van der Waals surface area contributed by atoms with Gasteiger partial charge >= 0.3 is 0 Å². The number of benzene rings is 3. The summed E-state index contributed by atoms with van der Waals surface area (Å²) in [6.07, 6.45) is 6.79. The molecule has 2 N–H and O–H groups in total. The monoisotopic (exact) mass is 865 g/mol. The third-order valence-electron chi connectivity index (χ3n) is 14.2. The molecule has 14 nitrogen and oxygen atoms in total. The Kier molecular flexibility index (Phi) is 11.6. The van der Waals surface area contributed by atoms with Gasteiger partial charge in [-0.2, -0.15) is 0 Å². The highest BCUT2D eigenvalue weighted by atomic mass is 16.5. The number of piperidine rings is 2. The predicted octanol–water partition coefficient (Wildman–Crippen LogP) is 6.70. The SMILES string of the molecule is [C-]#[N+]c1ccc2c3c([nH]c2c1)C(C)(C)c1cc(N2CCC(N4CCN(C(=O)CCCCCCOc5cccc6c5C(=O)N(C5CCC(=O)NC5=O)C6=O)CC4)CC2)c(CC)cc1C3=O. The highest BCUT2D eigenvalue weighted by Crippen LogP contribution is 2.46. The minimum atomic E-state index is -1.03. The summed E-state index contributed by atoms with van der Waals surface area (Å²) in [5.74, 6) is -1.67. The summed E-state index contributed by atoms with van der Waals surface area (Å²) in [5, 5.41) is 3.09. The van der Waals surface area contributed by atoms with Crippen molar-refractivity contribution < 1.29 is 33.5 Å². The van der Waals surface area contributed by atoms with Crippen LogP contribution in [0.2, 0.25) is 0 Å². The van der Waals surface area contributed by atoms with Crippen LogP contribution in [0.4, 0.5) is 11.4 Å². The fourth-order valence-electron chi connectivity index (χ4n) is 10.6. The summed E-state index contributed by atoms with van der Waals surface area (Å²) in [6.45, 7) is 19.4. The zero-order valence-corrected chi connectivity index (χ0v) is 36.9. The van der Waals surface area contributed by atoms with Crippen molar-refractivity contribution in [2.24, 2.45) is 0 Å². The number of hydrogen-bond acceptors (Lipinski definition) is 9. The number of carbonyl (C=O) groups excluding carboxylic acids is 6. The van der Waals surface area contributed by atoms with Crippen molar-refractivity contribution in [1.82, 2.24) is 25.0 Å². The molecule has 5 amide bonds. The first-order valence-electron chi connectivity index (χ1n) is 22.9. The molecule has 64 heavy (non-hydrogen) atoms. The Balaban J connectivity index is 0.715. The fourth-order valence-corrected chi connectivity index (χ4v) is 10.6. The summed E-state index contributed by atoms with van der Waals surface area (Å²) >= 11 is 0.